The van der Waals surface area contributed by atoms with E-state index in [1.165, 1.54) is 48.6 Å². The van der Waals surface area contributed by atoms with E-state index < -0.39 is 0 Å². The van der Waals surface area contributed by atoms with Gasteiger partial charge in [-0.05, 0) is 44.2 Å². The van der Waals surface area contributed by atoms with Crippen molar-refractivity contribution in [1.82, 2.24) is 19.7 Å². The van der Waals surface area contributed by atoms with E-state index in [1.807, 2.05) is 0 Å². The van der Waals surface area contributed by atoms with Crippen LogP contribution in [-0.2, 0) is 13.1 Å². The third kappa shape index (κ3) is 2.84. The number of fused-ring (bicyclic) bond motifs is 1. The van der Waals surface area contributed by atoms with Crippen molar-refractivity contribution >= 4 is 5.69 Å². The first-order valence-electron chi connectivity index (χ1n) is 9.67. The van der Waals surface area contributed by atoms with Gasteiger partial charge < -0.3 is 9.47 Å². The Labute approximate surface area is 149 Å². The van der Waals surface area contributed by atoms with Crippen LogP contribution in [0.15, 0.2) is 24.3 Å². The minimum Gasteiger partial charge on any atom is -0.373 e. The summed E-state index contributed by atoms with van der Waals surface area (Å²) in [4.78, 5) is 4.96. The lowest BCUT2D eigenvalue weighted by atomic mass is 10.1. The molecule has 5 rings (SSSR count). The molecule has 132 valence electrons. The summed E-state index contributed by atoms with van der Waals surface area (Å²) in [6.07, 6.45) is 5.18. The summed E-state index contributed by atoms with van der Waals surface area (Å²) in [5.74, 6) is 3.12. The fourth-order valence-corrected chi connectivity index (χ4v) is 4.19. The van der Waals surface area contributed by atoms with E-state index in [0.29, 0.717) is 18.0 Å². The van der Waals surface area contributed by atoms with E-state index >= 15 is 0 Å². The van der Waals surface area contributed by atoms with Crippen LogP contribution in [0.25, 0.3) is 0 Å². The molecule has 2 saturated carbocycles. The molecule has 5 heteroatoms. The van der Waals surface area contributed by atoms with E-state index in [2.05, 4.69) is 62.8 Å². The number of rotatable bonds is 4. The Bertz CT molecular complexity index is 774. The van der Waals surface area contributed by atoms with Crippen LogP contribution in [0.3, 0.4) is 0 Å². The second kappa shape index (κ2) is 5.84. The molecule has 0 saturated heterocycles. The molecule has 2 fully saturated rings. The van der Waals surface area contributed by atoms with Gasteiger partial charge in [0.25, 0.3) is 0 Å². The molecule has 1 aromatic carbocycles. The number of para-hydroxylation sites is 1. The highest BCUT2D eigenvalue weighted by molar-refractivity contribution is 5.53. The molecule has 0 amide bonds. The zero-order chi connectivity index (χ0) is 17.0. The van der Waals surface area contributed by atoms with Crippen molar-refractivity contribution in [2.75, 3.05) is 18.5 Å². The molecular formula is C20H27N5. The second-order valence-electron chi connectivity index (χ2n) is 8.11. The number of anilines is 1. The van der Waals surface area contributed by atoms with Gasteiger partial charge in [-0.3, -0.25) is 4.90 Å². The van der Waals surface area contributed by atoms with Crippen molar-refractivity contribution in [3.8, 4) is 0 Å². The standard InChI is InChI=1S/C20H27N5/c1-14-11-23(2)18-6-4-3-5-16(18)12-24(14)13-19-21-22-20(15-7-8-15)25(19)17-9-10-17/h3-6,14-15,17H,7-13H2,1-2H3. The van der Waals surface area contributed by atoms with Crippen molar-refractivity contribution in [2.24, 2.45) is 0 Å². The first-order valence-corrected chi connectivity index (χ1v) is 9.67. The van der Waals surface area contributed by atoms with Gasteiger partial charge in [0.2, 0.25) is 0 Å². The molecule has 2 aromatic rings. The van der Waals surface area contributed by atoms with Crippen LogP contribution in [-0.4, -0.2) is 39.3 Å². The number of likely N-dealkylation sites (N-methyl/N-ethyl adjacent to an activating group) is 1. The number of benzene rings is 1. The number of hydrogen-bond donors (Lipinski definition) is 0. The molecule has 5 nitrogen and oxygen atoms in total. The van der Waals surface area contributed by atoms with Crippen molar-refractivity contribution < 1.29 is 0 Å². The lowest BCUT2D eigenvalue weighted by Gasteiger charge is -2.28. The maximum absolute atomic E-state index is 4.63. The maximum Gasteiger partial charge on any atom is 0.147 e. The Hall–Kier alpha value is -1.88. The van der Waals surface area contributed by atoms with E-state index in [1.54, 1.807) is 0 Å². The average Bonchev–Trinajstić information content (AvgIpc) is 3.52. The Balaban J connectivity index is 1.44. The summed E-state index contributed by atoms with van der Waals surface area (Å²) in [5.41, 5.74) is 2.77. The van der Waals surface area contributed by atoms with Crippen LogP contribution < -0.4 is 4.90 Å². The van der Waals surface area contributed by atoms with Crippen LogP contribution >= 0.6 is 0 Å². The Morgan fingerprint density at radius 2 is 1.88 bits per heavy atom. The summed E-state index contributed by atoms with van der Waals surface area (Å²) in [5, 5.41) is 9.22. The van der Waals surface area contributed by atoms with E-state index in [4.69, 9.17) is 0 Å². The Morgan fingerprint density at radius 1 is 1.08 bits per heavy atom. The highest BCUT2D eigenvalue weighted by atomic mass is 15.3. The predicted octanol–water partition coefficient (Wildman–Crippen LogP) is 3.33. The van der Waals surface area contributed by atoms with Crippen LogP contribution in [0.4, 0.5) is 5.69 Å². The van der Waals surface area contributed by atoms with E-state index in [0.717, 1.165) is 19.6 Å². The molecule has 1 atom stereocenters. The van der Waals surface area contributed by atoms with Crippen LogP contribution in [0.1, 0.15) is 61.8 Å². The fourth-order valence-electron chi connectivity index (χ4n) is 4.19. The molecule has 3 aliphatic rings. The van der Waals surface area contributed by atoms with E-state index in [-0.39, 0.29) is 0 Å². The van der Waals surface area contributed by atoms with Crippen LogP contribution in [0.2, 0.25) is 0 Å². The van der Waals surface area contributed by atoms with Gasteiger partial charge in [-0.15, -0.1) is 10.2 Å². The average molecular weight is 337 g/mol. The van der Waals surface area contributed by atoms with E-state index in [9.17, 15) is 0 Å². The minimum atomic E-state index is 0.492. The van der Waals surface area contributed by atoms with Crippen molar-refractivity contribution in [2.45, 2.75) is 63.7 Å². The zero-order valence-corrected chi connectivity index (χ0v) is 15.2. The maximum atomic E-state index is 4.63. The largest absolute Gasteiger partial charge is 0.373 e. The molecule has 0 spiro atoms. The predicted molar refractivity (Wildman–Crippen MR) is 98.7 cm³/mol. The summed E-state index contributed by atoms with van der Waals surface area (Å²) < 4.78 is 2.49. The third-order valence-electron chi connectivity index (χ3n) is 5.93. The molecule has 1 aromatic heterocycles. The van der Waals surface area contributed by atoms with Crippen LogP contribution in [0, 0.1) is 0 Å². The number of hydrogen-bond acceptors (Lipinski definition) is 4. The van der Waals surface area contributed by atoms with Crippen molar-refractivity contribution in [1.29, 1.82) is 0 Å². The molecule has 2 aliphatic carbocycles. The lowest BCUT2D eigenvalue weighted by Crippen LogP contribution is -2.38. The summed E-state index contributed by atoms with van der Waals surface area (Å²) in [7, 11) is 2.21. The molecule has 25 heavy (non-hydrogen) atoms. The zero-order valence-electron chi connectivity index (χ0n) is 15.2. The van der Waals surface area contributed by atoms with Gasteiger partial charge in [0.15, 0.2) is 0 Å². The Morgan fingerprint density at radius 3 is 2.64 bits per heavy atom. The molecule has 2 heterocycles. The van der Waals surface area contributed by atoms with Gasteiger partial charge in [-0.1, -0.05) is 18.2 Å². The summed E-state index contributed by atoms with van der Waals surface area (Å²) in [6.45, 7) is 5.27. The van der Waals surface area contributed by atoms with Gasteiger partial charge in [0.1, 0.15) is 11.6 Å². The Kier molecular flexibility index (Phi) is 3.59. The highest BCUT2D eigenvalue weighted by Crippen LogP contribution is 2.45. The first kappa shape index (κ1) is 15.4. The molecular weight excluding hydrogens is 310 g/mol. The molecule has 0 radical (unpaired) electrons. The summed E-state index contributed by atoms with van der Waals surface area (Å²) >= 11 is 0. The van der Waals surface area contributed by atoms with Crippen LogP contribution in [0.5, 0.6) is 0 Å². The smallest absolute Gasteiger partial charge is 0.147 e. The summed E-state index contributed by atoms with van der Waals surface area (Å²) in [6, 6.07) is 9.95. The molecule has 1 aliphatic heterocycles. The van der Waals surface area contributed by atoms with Gasteiger partial charge in [0, 0.05) is 43.8 Å². The number of aromatic nitrogens is 3. The van der Waals surface area contributed by atoms with Gasteiger partial charge >= 0.3 is 0 Å². The molecule has 0 bridgehead atoms. The molecule has 1 unspecified atom stereocenters. The lowest BCUT2D eigenvalue weighted by molar-refractivity contribution is 0.191. The van der Waals surface area contributed by atoms with Gasteiger partial charge in [0.05, 0.1) is 6.54 Å². The molecule has 0 N–H and O–H groups in total. The van der Waals surface area contributed by atoms with Gasteiger partial charge in [-0.2, -0.15) is 0 Å². The van der Waals surface area contributed by atoms with Crippen molar-refractivity contribution in [3.05, 3.63) is 41.5 Å². The SMILES string of the molecule is CC1CN(C)c2ccccc2CN1Cc1nnc(C2CC2)n1C1CC1. The van der Waals surface area contributed by atoms with Crippen molar-refractivity contribution in [3.63, 3.8) is 0 Å². The topological polar surface area (TPSA) is 37.2 Å². The second-order valence-corrected chi connectivity index (χ2v) is 8.11. The van der Waals surface area contributed by atoms with Gasteiger partial charge in [-0.25, -0.2) is 0 Å². The minimum absolute atomic E-state index is 0.492. The monoisotopic (exact) mass is 337 g/mol. The normalized spacial score (nSPS) is 24.2. The highest BCUT2D eigenvalue weighted by Gasteiger charge is 2.37. The third-order valence-corrected chi connectivity index (χ3v) is 5.93. The first-order chi connectivity index (χ1) is 12.2. The number of nitrogens with zero attached hydrogens (tertiary/aromatic N) is 5. The quantitative estimate of drug-likeness (QED) is 0.857. The fraction of sp³-hybridized carbons (Fsp3) is 0.600.